The SMILES string of the molecule is C=CCn1c(C(N)CC(C)C)nc2cc(CC)ccc21. The highest BCUT2D eigenvalue weighted by molar-refractivity contribution is 5.77. The predicted octanol–water partition coefficient (Wildman–Crippen LogP) is 3.83. The van der Waals surface area contributed by atoms with E-state index in [4.69, 9.17) is 10.7 Å². The lowest BCUT2D eigenvalue weighted by Crippen LogP contribution is -2.18. The summed E-state index contributed by atoms with van der Waals surface area (Å²) in [6, 6.07) is 6.46. The molecule has 0 radical (unpaired) electrons. The third-order valence-corrected chi connectivity index (χ3v) is 3.62. The average molecular weight is 271 g/mol. The summed E-state index contributed by atoms with van der Waals surface area (Å²) in [7, 11) is 0. The van der Waals surface area contributed by atoms with E-state index in [-0.39, 0.29) is 6.04 Å². The normalized spacial score (nSPS) is 13.1. The van der Waals surface area contributed by atoms with Gasteiger partial charge in [-0.2, -0.15) is 0 Å². The fourth-order valence-electron chi connectivity index (χ4n) is 2.63. The van der Waals surface area contributed by atoms with E-state index in [1.807, 2.05) is 6.08 Å². The molecule has 0 saturated carbocycles. The predicted molar refractivity (Wildman–Crippen MR) is 85.7 cm³/mol. The molecule has 0 spiro atoms. The van der Waals surface area contributed by atoms with Crippen LogP contribution >= 0.6 is 0 Å². The van der Waals surface area contributed by atoms with E-state index in [2.05, 4.69) is 50.1 Å². The van der Waals surface area contributed by atoms with Gasteiger partial charge in [0.25, 0.3) is 0 Å². The molecule has 0 aliphatic rings. The number of hydrogen-bond donors (Lipinski definition) is 1. The van der Waals surface area contributed by atoms with Gasteiger partial charge in [-0.15, -0.1) is 6.58 Å². The number of benzene rings is 1. The van der Waals surface area contributed by atoms with Gasteiger partial charge in [0.15, 0.2) is 0 Å². The molecular weight excluding hydrogens is 246 g/mol. The van der Waals surface area contributed by atoms with Crippen molar-refractivity contribution in [2.45, 2.75) is 46.2 Å². The molecule has 0 bridgehead atoms. The van der Waals surface area contributed by atoms with Crippen LogP contribution in [0.15, 0.2) is 30.9 Å². The van der Waals surface area contributed by atoms with E-state index in [1.54, 1.807) is 0 Å². The number of aryl methyl sites for hydroxylation is 1. The number of imidazole rings is 1. The third-order valence-electron chi connectivity index (χ3n) is 3.62. The molecule has 0 aliphatic heterocycles. The molecule has 3 nitrogen and oxygen atoms in total. The fraction of sp³-hybridized carbons (Fsp3) is 0.471. The highest BCUT2D eigenvalue weighted by atomic mass is 15.1. The summed E-state index contributed by atoms with van der Waals surface area (Å²) in [5, 5.41) is 0. The van der Waals surface area contributed by atoms with Gasteiger partial charge in [-0.25, -0.2) is 4.98 Å². The minimum absolute atomic E-state index is 0.0209. The van der Waals surface area contributed by atoms with Crippen LogP contribution in [0.5, 0.6) is 0 Å². The van der Waals surface area contributed by atoms with Gasteiger partial charge < -0.3 is 10.3 Å². The summed E-state index contributed by atoms with van der Waals surface area (Å²) in [5.74, 6) is 1.54. The molecule has 0 fully saturated rings. The molecule has 2 N–H and O–H groups in total. The maximum absolute atomic E-state index is 6.34. The molecule has 1 heterocycles. The summed E-state index contributed by atoms with van der Waals surface area (Å²) in [6.45, 7) is 11.1. The summed E-state index contributed by atoms with van der Waals surface area (Å²) in [6.07, 6.45) is 3.87. The summed E-state index contributed by atoms with van der Waals surface area (Å²) < 4.78 is 2.19. The first-order valence-corrected chi connectivity index (χ1v) is 7.42. The summed E-state index contributed by atoms with van der Waals surface area (Å²) in [4.78, 5) is 4.78. The van der Waals surface area contributed by atoms with Gasteiger partial charge in [0, 0.05) is 6.54 Å². The second kappa shape index (κ2) is 6.23. The molecule has 2 rings (SSSR count). The number of hydrogen-bond acceptors (Lipinski definition) is 2. The van der Waals surface area contributed by atoms with Crippen molar-refractivity contribution < 1.29 is 0 Å². The van der Waals surface area contributed by atoms with Crippen molar-refractivity contribution in [3.63, 3.8) is 0 Å². The Labute approximate surface area is 121 Å². The summed E-state index contributed by atoms with van der Waals surface area (Å²) >= 11 is 0. The van der Waals surface area contributed by atoms with Gasteiger partial charge in [0.05, 0.1) is 17.1 Å². The van der Waals surface area contributed by atoms with Crippen molar-refractivity contribution in [1.82, 2.24) is 9.55 Å². The van der Waals surface area contributed by atoms with Crippen LogP contribution in [0.1, 0.15) is 44.6 Å². The van der Waals surface area contributed by atoms with Crippen molar-refractivity contribution in [1.29, 1.82) is 0 Å². The zero-order chi connectivity index (χ0) is 14.7. The maximum Gasteiger partial charge on any atom is 0.127 e. The Morgan fingerprint density at radius 1 is 1.40 bits per heavy atom. The smallest absolute Gasteiger partial charge is 0.127 e. The quantitative estimate of drug-likeness (QED) is 0.811. The first kappa shape index (κ1) is 14.8. The Hall–Kier alpha value is -1.61. The Kier molecular flexibility index (Phi) is 4.61. The van der Waals surface area contributed by atoms with E-state index < -0.39 is 0 Å². The molecule has 1 unspecified atom stereocenters. The van der Waals surface area contributed by atoms with E-state index >= 15 is 0 Å². The zero-order valence-corrected chi connectivity index (χ0v) is 12.8. The molecule has 0 saturated heterocycles. The van der Waals surface area contributed by atoms with Gasteiger partial charge >= 0.3 is 0 Å². The lowest BCUT2D eigenvalue weighted by atomic mass is 10.0. The molecule has 0 amide bonds. The Morgan fingerprint density at radius 2 is 2.15 bits per heavy atom. The number of fused-ring (bicyclic) bond motifs is 1. The van der Waals surface area contributed by atoms with Crippen LogP contribution < -0.4 is 5.73 Å². The van der Waals surface area contributed by atoms with Crippen LogP contribution in [0.25, 0.3) is 11.0 Å². The van der Waals surface area contributed by atoms with Gasteiger partial charge in [-0.3, -0.25) is 0 Å². The first-order valence-electron chi connectivity index (χ1n) is 7.42. The molecule has 1 aromatic carbocycles. The number of nitrogens with two attached hydrogens (primary N) is 1. The minimum Gasteiger partial charge on any atom is -0.323 e. The van der Waals surface area contributed by atoms with Crippen LogP contribution in [0.4, 0.5) is 0 Å². The van der Waals surface area contributed by atoms with Gasteiger partial charge in [0.1, 0.15) is 5.82 Å². The molecule has 3 heteroatoms. The van der Waals surface area contributed by atoms with E-state index in [1.165, 1.54) is 5.56 Å². The Balaban J connectivity index is 2.51. The van der Waals surface area contributed by atoms with Crippen molar-refractivity contribution in [2.24, 2.45) is 11.7 Å². The number of nitrogens with zero attached hydrogens (tertiary/aromatic N) is 2. The van der Waals surface area contributed by atoms with Crippen LogP contribution in [0.3, 0.4) is 0 Å². The third kappa shape index (κ3) is 2.93. The standard InChI is InChI=1S/C17H25N3/c1-5-9-20-16-8-7-13(6-2)11-15(16)19-17(20)14(18)10-12(3)4/h5,7-8,11-12,14H,1,6,9-10,18H2,2-4H3. The molecule has 1 atom stereocenters. The molecular formula is C17H25N3. The topological polar surface area (TPSA) is 43.8 Å². The largest absolute Gasteiger partial charge is 0.323 e. The lowest BCUT2D eigenvalue weighted by molar-refractivity contribution is 0.482. The van der Waals surface area contributed by atoms with Gasteiger partial charge in [0.2, 0.25) is 0 Å². The number of rotatable bonds is 6. The van der Waals surface area contributed by atoms with Crippen LogP contribution in [-0.2, 0) is 13.0 Å². The first-order chi connectivity index (χ1) is 9.56. The van der Waals surface area contributed by atoms with Gasteiger partial charge in [-0.05, 0) is 36.5 Å². The minimum atomic E-state index is -0.0209. The second-order valence-electron chi connectivity index (χ2n) is 5.78. The van der Waals surface area contributed by atoms with E-state index in [0.717, 1.165) is 36.2 Å². The van der Waals surface area contributed by atoms with Gasteiger partial charge in [-0.1, -0.05) is 32.9 Å². The molecule has 108 valence electrons. The Bertz CT molecular complexity index is 596. The Morgan fingerprint density at radius 3 is 2.75 bits per heavy atom. The van der Waals surface area contributed by atoms with Crippen LogP contribution in [0, 0.1) is 5.92 Å². The number of allylic oxidation sites excluding steroid dienone is 1. The highest BCUT2D eigenvalue weighted by Crippen LogP contribution is 2.24. The van der Waals surface area contributed by atoms with Crippen LogP contribution in [-0.4, -0.2) is 9.55 Å². The monoisotopic (exact) mass is 271 g/mol. The van der Waals surface area contributed by atoms with Crippen LogP contribution in [0.2, 0.25) is 0 Å². The van der Waals surface area contributed by atoms with Crippen molar-refractivity contribution >= 4 is 11.0 Å². The maximum atomic E-state index is 6.34. The molecule has 0 aliphatic carbocycles. The number of aromatic nitrogens is 2. The summed E-state index contributed by atoms with van der Waals surface area (Å²) in [5.41, 5.74) is 9.85. The molecule has 1 aromatic heterocycles. The average Bonchev–Trinajstić information content (AvgIpc) is 2.76. The molecule has 20 heavy (non-hydrogen) atoms. The van der Waals surface area contributed by atoms with Crippen molar-refractivity contribution in [3.8, 4) is 0 Å². The van der Waals surface area contributed by atoms with Crippen molar-refractivity contribution in [2.75, 3.05) is 0 Å². The highest BCUT2D eigenvalue weighted by Gasteiger charge is 2.17. The second-order valence-corrected chi connectivity index (χ2v) is 5.78. The van der Waals surface area contributed by atoms with E-state index in [9.17, 15) is 0 Å². The van der Waals surface area contributed by atoms with Crippen molar-refractivity contribution in [3.05, 3.63) is 42.2 Å². The lowest BCUT2D eigenvalue weighted by Gasteiger charge is -2.15. The molecule has 2 aromatic rings. The fourth-order valence-corrected chi connectivity index (χ4v) is 2.63. The zero-order valence-electron chi connectivity index (χ0n) is 12.8. The van der Waals surface area contributed by atoms with E-state index in [0.29, 0.717) is 5.92 Å².